The first kappa shape index (κ1) is 16.4. The number of rotatable bonds is 2. The molecule has 0 atom stereocenters. The highest BCUT2D eigenvalue weighted by molar-refractivity contribution is 9.10. The van der Waals surface area contributed by atoms with E-state index in [1.807, 2.05) is 26.2 Å². The van der Waals surface area contributed by atoms with Gasteiger partial charge in [0, 0.05) is 31.6 Å². The number of hydrogen-bond acceptors (Lipinski definition) is 6. The van der Waals surface area contributed by atoms with Crippen LogP contribution in [-0.4, -0.2) is 43.2 Å². The normalized spacial score (nSPS) is 15.5. The number of piperazine rings is 1. The minimum atomic E-state index is -0.318. The molecule has 1 aromatic rings. The van der Waals surface area contributed by atoms with Crippen molar-refractivity contribution in [2.24, 2.45) is 0 Å². The predicted molar refractivity (Wildman–Crippen MR) is 81.8 cm³/mol. The van der Waals surface area contributed by atoms with E-state index in [-0.39, 0.29) is 5.60 Å². The molecular weight excluding hydrogens is 330 g/mol. The Hall–Kier alpha value is -0.660. The largest absolute Gasteiger partial charge is 0.462 e. The molecule has 1 aromatic heterocycles. The summed E-state index contributed by atoms with van der Waals surface area (Å²) in [7, 11) is 0. The summed E-state index contributed by atoms with van der Waals surface area (Å²) in [5.41, 5.74) is -0.318. The Labute approximate surface area is 126 Å². The summed E-state index contributed by atoms with van der Waals surface area (Å²) in [5, 5.41) is 6.47. The number of nitrogens with zero attached hydrogens (tertiary/aromatic N) is 2. The summed E-state index contributed by atoms with van der Waals surface area (Å²) in [4.78, 5) is 16.3. The van der Waals surface area contributed by atoms with Crippen molar-refractivity contribution in [2.75, 3.05) is 31.1 Å². The number of ether oxygens (including phenoxy) is 1. The second-order valence-electron chi connectivity index (χ2n) is 5.02. The first-order chi connectivity index (χ1) is 8.92. The van der Waals surface area contributed by atoms with Crippen LogP contribution >= 0.6 is 27.3 Å². The zero-order valence-corrected chi connectivity index (χ0v) is 13.9. The molecule has 0 amide bonds. The predicted octanol–water partition coefficient (Wildman–Crippen LogP) is 2.27. The van der Waals surface area contributed by atoms with E-state index < -0.39 is 0 Å². The molecule has 1 saturated heterocycles. The molecule has 19 heavy (non-hydrogen) atoms. The maximum Gasteiger partial charge on any atom is 0.293 e. The van der Waals surface area contributed by atoms with Crippen molar-refractivity contribution >= 4 is 38.9 Å². The highest BCUT2D eigenvalue weighted by atomic mass is 79.9. The number of halogens is 1. The lowest BCUT2D eigenvalue weighted by Crippen LogP contribution is -2.43. The summed E-state index contributed by atoms with van der Waals surface area (Å²) in [6.07, 6.45) is 0. The molecular formula is C12H20BrN3O2S. The van der Waals surface area contributed by atoms with Gasteiger partial charge in [-0.25, -0.2) is 4.98 Å². The molecule has 7 heteroatoms. The highest BCUT2D eigenvalue weighted by Crippen LogP contribution is 2.23. The minimum absolute atomic E-state index is 0.318. The van der Waals surface area contributed by atoms with Gasteiger partial charge in [0.05, 0.1) is 0 Å². The van der Waals surface area contributed by atoms with Gasteiger partial charge in [0.15, 0.2) is 5.13 Å². The van der Waals surface area contributed by atoms with Crippen molar-refractivity contribution in [3.63, 3.8) is 0 Å². The maximum atomic E-state index is 9.60. The number of nitrogens with one attached hydrogen (secondary N) is 1. The quantitative estimate of drug-likeness (QED) is 0.830. The Kier molecular flexibility index (Phi) is 6.74. The highest BCUT2D eigenvalue weighted by Gasteiger charge is 2.12. The summed E-state index contributed by atoms with van der Waals surface area (Å²) in [5.74, 6) is 0. The zero-order chi connectivity index (χ0) is 14.3. The van der Waals surface area contributed by atoms with Gasteiger partial charge in [-0.1, -0.05) is 0 Å². The van der Waals surface area contributed by atoms with Crippen LogP contribution in [0.2, 0.25) is 0 Å². The molecule has 0 bridgehead atoms. The number of hydrogen-bond donors (Lipinski definition) is 1. The van der Waals surface area contributed by atoms with Gasteiger partial charge in [0.1, 0.15) is 10.2 Å². The van der Waals surface area contributed by atoms with E-state index >= 15 is 0 Å². The first-order valence-corrected chi connectivity index (χ1v) is 7.78. The maximum absolute atomic E-state index is 9.60. The number of carbonyl (C=O) groups is 1. The van der Waals surface area contributed by atoms with E-state index in [0.717, 1.165) is 35.9 Å². The van der Waals surface area contributed by atoms with Crippen LogP contribution in [-0.2, 0) is 9.53 Å². The van der Waals surface area contributed by atoms with Gasteiger partial charge in [0.25, 0.3) is 6.47 Å². The average molecular weight is 350 g/mol. The Bertz CT molecular complexity index is 387. The number of anilines is 1. The van der Waals surface area contributed by atoms with Crippen LogP contribution < -0.4 is 10.2 Å². The van der Waals surface area contributed by atoms with E-state index in [0.29, 0.717) is 6.47 Å². The molecule has 0 radical (unpaired) electrons. The van der Waals surface area contributed by atoms with Crippen LogP contribution in [0, 0.1) is 0 Å². The summed E-state index contributed by atoms with van der Waals surface area (Å²) in [6.45, 7) is 10.2. The smallest absolute Gasteiger partial charge is 0.293 e. The Morgan fingerprint density at radius 3 is 2.47 bits per heavy atom. The fourth-order valence-electron chi connectivity index (χ4n) is 1.39. The molecule has 1 fully saturated rings. The molecule has 5 nitrogen and oxygen atoms in total. The lowest BCUT2D eigenvalue weighted by Gasteiger charge is -2.26. The van der Waals surface area contributed by atoms with E-state index in [4.69, 9.17) is 0 Å². The average Bonchev–Trinajstić information content (AvgIpc) is 2.76. The fraction of sp³-hybridized carbons (Fsp3) is 0.667. The molecule has 0 saturated carbocycles. The molecule has 2 heterocycles. The van der Waals surface area contributed by atoms with Crippen LogP contribution in [0.25, 0.3) is 0 Å². The standard InChI is InChI=1S/C7H10BrN3S.C5H10O2/c8-6-5-12-7(10-6)11-3-1-9-2-4-11;1-5(2,3)7-4-6/h5,9H,1-4H2;4H,1-3H3. The van der Waals surface area contributed by atoms with Crippen LogP contribution in [0.4, 0.5) is 5.13 Å². The summed E-state index contributed by atoms with van der Waals surface area (Å²) >= 11 is 5.05. The summed E-state index contributed by atoms with van der Waals surface area (Å²) < 4.78 is 5.49. The van der Waals surface area contributed by atoms with E-state index in [1.165, 1.54) is 0 Å². The third kappa shape index (κ3) is 6.89. The molecule has 1 aliphatic rings. The zero-order valence-electron chi connectivity index (χ0n) is 11.5. The van der Waals surface area contributed by atoms with Gasteiger partial charge in [-0.05, 0) is 36.7 Å². The van der Waals surface area contributed by atoms with E-state index in [9.17, 15) is 4.79 Å². The molecule has 1 N–H and O–H groups in total. The monoisotopic (exact) mass is 349 g/mol. The molecule has 0 unspecified atom stereocenters. The molecule has 108 valence electrons. The van der Waals surface area contributed by atoms with Crippen molar-refractivity contribution in [3.8, 4) is 0 Å². The van der Waals surface area contributed by atoms with Crippen LogP contribution in [0.15, 0.2) is 9.98 Å². The lowest BCUT2D eigenvalue weighted by molar-refractivity contribution is -0.138. The molecule has 0 aromatic carbocycles. The van der Waals surface area contributed by atoms with Crippen molar-refractivity contribution in [3.05, 3.63) is 9.98 Å². The Balaban J connectivity index is 0.000000224. The number of aromatic nitrogens is 1. The molecule has 0 spiro atoms. The summed E-state index contributed by atoms with van der Waals surface area (Å²) in [6, 6.07) is 0. The van der Waals surface area contributed by atoms with E-state index in [2.05, 4.69) is 35.9 Å². The van der Waals surface area contributed by atoms with Crippen molar-refractivity contribution < 1.29 is 9.53 Å². The first-order valence-electron chi connectivity index (χ1n) is 6.10. The van der Waals surface area contributed by atoms with Crippen LogP contribution in [0.5, 0.6) is 0 Å². The second-order valence-corrected chi connectivity index (χ2v) is 6.67. The Morgan fingerprint density at radius 2 is 2.11 bits per heavy atom. The van der Waals surface area contributed by atoms with E-state index in [1.54, 1.807) is 11.3 Å². The van der Waals surface area contributed by atoms with Gasteiger partial charge >= 0.3 is 0 Å². The van der Waals surface area contributed by atoms with Gasteiger partial charge in [-0.2, -0.15) is 0 Å². The van der Waals surface area contributed by atoms with Crippen molar-refractivity contribution in [2.45, 2.75) is 26.4 Å². The van der Waals surface area contributed by atoms with Gasteiger partial charge in [-0.3, -0.25) is 4.79 Å². The number of carbonyl (C=O) groups excluding carboxylic acids is 1. The van der Waals surface area contributed by atoms with Crippen molar-refractivity contribution in [1.29, 1.82) is 0 Å². The van der Waals surface area contributed by atoms with Gasteiger partial charge in [-0.15, -0.1) is 11.3 Å². The van der Waals surface area contributed by atoms with Gasteiger partial charge < -0.3 is 15.0 Å². The van der Waals surface area contributed by atoms with Gasteiger partial charge in [0.2, 0.25) is 0 Å². The molecule has 0 aliphatic carbocycles. The second kappa shape index (κ2) is 7.81. The molecule has 2 rings (SSSR count). The molecule has 1 aliphatic heterocycles. The third-order valence-corrected chi connectivity index (χ3v) is 3.86. The van der Waals surface area contributed by atoms with Crippen LogP contribution in [0.1, 0.15) is 20.8 Å². The third-order valence-electron chi connectivity index (χ3n) is 2.25. The number of thiazole rings is 1. The topological polar surface area (TPSA) is 54.5 Å². The fourth-order valence-corrected chi connectivity index (χ4v) is 2.69. The SMILES string of the molecule is Brc1csc(N2CCNCC2)n1.CC(C)(C)OC=O. The van der Waals surface area contributed by atoms with Crippen LogP contribution in [0.3, 0.4) is 0 Å². The lowest BCUT2D eigenvalue weighted by atomic mass is 10.2. The minimum Gasteiger partial charge on any atom is -0.462 e. The van der Waals surface area contributed by atoms with Crippen molar-refractivity contribution in [1.82, 2.24) is 10.3 Å². The Morgan fingerprint density at radius 1 is 1.47 bits per heavy atom.